The normalized spacial score (nSPS) is 11.6. The highest BCUT2D eigenvalue weighted by Crippen LogP contribution is 2.23. The number of rotatable bonds is 6. The fourth-order valence-corrected chi connectivity index (χ4v) is 1.94. The van der Waals surface area contributed by atoms with Crippen LogP contribution in [0, 0.1) is 0 Å². The van der Waals surface area contributed by atoms with Crippen LogP contribution in [0.2, 0.25) is 0 Å². The molecule has 19 heavy (non-hydrogen) atoms. The van der Waals surface area contributed by atoms with E-state index in [1.54, 1.807) is 0 Å². The van der Waals surface area contributed by atoms with Gasteiger partial charge in [-0.05, 0) is 6.42 Å². The van der Waals surface area contributed by atoms with Gasteiger partial charge in [-0.25, -0.2) is 0 Å². The molecule has 2 N–H and O–H groups in total. The predicted molar refractivity (Wildman–Crippen MR) is 76.9 cm³/mol. The molecule has 0 radical (unpaired) electrons. The maximum absolute atomic E-state index is 11.5. The van der Waals surface area contributed by atoms with Crippen molar-refractivity contribution in [2.75, 3.05) is 13.1 Å². The number of nitrogens with one attached hydrogen (secondary N) is 2. The third-order valence-electron chi connectivity index (χ3n) is 2.79. The van der Waals surface area contributed by atoms with E-state index in [4.69, 9.17) is 0 Å². The predicted octanol–water partition coefficient (Wildman–Crippen LogP) is 1.33. The first-order chi connectivity index (χ1) is 8.84. The highest BCUT2D eigenvalue weighted by atomic mass is 16.1. The van der Waals surface area contributed by atoms with Gasteiger partial charge in [0.25, 0.3) is 0 Å². The fraction of sp³-hybridized carbons (Fsp3) is 0.714. The Morgan fingerprint density at radius 2 is 2.11 bits per heavy atom. The maximum Gasteiger partial charge on any atom is 0.233 e. The van der Waals surface area contributed by atoms with Gasteiger partial charge in [-0.2, -0.15) is 5.10 Å². The van der Waals surface area contributed by atoms with Crippen LogP contribution in [-0.2, 0) is 23.8 Å². The number of amides is 1. The van der Waals surface area contributed by atoms with E-state index in [0.29, 0.717) is 13.1 Å². The van der Waals surface area contributed by atoms with Gasteiger partial charge in [0.15, 0.2) is 0 Å². The molecular weight excluding hydrogens is 240 g/mol. The molecule has 0 bridgehead atoms. The summed E-state index contributed by atoms with van der Waals surface area (Å²) in [6, 6.07) is 0. The van der Waals surface area contributed by atoms with Crippen molar-refractivity contribution < 1.29 is 4.79 Å². The molecule has 0 atom stereocenters. The number of aryl methyl sites for hydroxylation is 1. The van der Waals surface area contributed by atoms with Crippen LogP contribution < -0.4 is 10.6 Å². The first-order valence-electron chi connectivity index (χ1n) is 6.85. The molecule has 1 aromatic rings. The molecule has 5 nitrogen and oxygen atoms in total. The zero-order chi connectivity index (χ0) is 14.5. The van der Waals surface area contributed by atoms with Crippen LogP contribution in [0.5, 0.6) is 0 Å². The Balaban J connectivity index is 2.52. The molecule has 0 saturated heterocycles. The molecule has 0 spiro atoms. The minimum Gasteiger partial charge on any atom is -0.355 e. The van der Waals surface area contributed by atoms with Crippen LogP contribution in [0.15, 0.2) is 6.20 Å². The number of hydrogen-bond donors (Lipinski definition) is 2. The SMILES string of the molecule is CCCNC(=O)CNCc1cn(C)nc1C(C)(C)C. The van der Waals surface area contributed by atoms with Gasteiger partial charge in [0.1, 0.15) is 0 Å². The van der Waals surface area contributed by atoms with Gasteiger partial charge in [-0.1, -0.05) is 27.7 Å². The largest absolute Gasteiger partial charge is 0.355 e. The summed E-state index contributed by atoms with van der Waals surface area (Å²) in [5, 5.41) is 10.5. The van der Waals surface area contributed by atoms with Gasteiger partial charge < -0.3 is 10.6 Å². The van der Waals surface area contributed by atoms with E-state index in [9.17, 15) is 4.79 Å². The molecule has 1 heterocycles. The van der Waals surface area contributed by atoms with Crippen LogP contribution in [0.4, 0.5) is 0 Å². The average molecular weight is 266 g/mol. The van der Waals surface area contributed by atoms with E-state index in [1.807, 2.05) is 24.9 Å². The van der Waals surface area contributed by atoms with Gasteiger partial charge in [0, 0.05) is 37.3 Å². The highest BCUT2D eigenvalue weighted by molar-refractivity contribution is 5.77. The van der Waals surface area contributed by atoms with E-state index in [2.05, 4.69) is 36.5 Å². The third kappa shape index (κ3) is 5.03. The first-order valence-corrected chi connectivity index (χ1v) is 6.85. The first kappa shape index (κ1) is 15.7. The number of nitrogens with zero attached hydrogens (tertiary/aromatic N) is 2. The molecule has 0 fully saturated rings. The Morgan fingerprint density at radius 3 is 2.68 bits per heavy atom. The van der Waals surface area contributed by atoms with Crippen molar-refractivity contribution in [3.8, 4) is 0 Å². The van der Waals surface area contributed by atoms with E-state index in [0.717, 1.165) is 24.2 Å². The van der Waals surface area contributed by atoms with E-state index in [-0.39, 0.29) is 11.3 Å². The number of aromatic nitrogens is 2. The van der Waals surface area contributed by atoms with Crippen molar-refractivity contribution in [2.24, 2.45) is 7.05 Å². The molecule has 0 aliphatic rings. The Morgan fingerprint density at radius 1 is 1.42 bits per heavy atom. The molecule has 0 aliphatic carbocycles. The lowest BCUT2D eigenvalue weighted by Crippen LogP contribution is -2.34. The average Bonchev–Trinajstić information content (AvgIpc) is 2.67. The Kier molecular flexibility index (Phi) is 5.54. The second-order valence-electron chi connectivity index (χ2n) is 5.88. The molecular formula is C14H26N4O. The number of carbonyl (C=O) groups is 1. The Bertz CT molecular complexity index is 418. The molecule has 0 saturated carbocycles. The quantitative estimate of drug-likeness (QED) is 0.817. The van der Waals surface area contributed by atoms with E-state index >= 15 is 0 Å². The smallest absolute Gasteiger partial charge is 0.233 e. The van der Waals surface area contributed by atoms with Crippen molar-refractivity contribution in [2.45, 2.75) is 46.1 Å². The minimum atomic E-state index is 0.0166. The van der Waals surface area contributed by atoms with Gasteiger partial charge in [-0.3, -0.25) is 9.48 Å². The number of hydrogen-bond acceptors (Lipinski definition) is 3. The summed E-state index contributed by atoms with van der Waals surface area (Å²) in [5.41, 5.74) is 2.25. The summed E-state index contributed by atoms with van der Waals surface area (Å²) >= 11 is 0. The van der Waals surface area contributed by atoms with Crippen molar-refractivity contribution >= 4 is 5.91 Å². The van der Waals surface area contributed by atoms with Crippen LogP contribution >= 0.6 is 0 Å². The molecule has 108 valence electrons. The standard InChI is InChI=1S/C14H26N4O/c1-6-7-16-12(19)9-15-8-11-10-18(5)17-13(11)14(2,3)4/h10,15H,6-9H2,1-5H3,(H,16,19). The zero-order valence-corrected chi connectivity index (χ0v) is 12.7. The molecule has 5 heteroatoms. The van der Waals surface area contributed by atoms with Gasteiger partial charge in [-0.15, -0.1) is 0 Å². The molecule has 1 rings (SSSR count). The van der Waals surface area contributed by atoms with E-state index in [1.165, 1.54) is 0 Å². The third-order valence-corrected chi connectivity index (χ3v) is 2.79. The Labute approximate surface area is 115 Å². The summed E-state index contributed by atoms with van der Waals surface area (Å²) in [6.07, 6.45) is 2.97. The maximum atomic E-state index is 11.5. The summed E-state index contributed by atoms with van der Waals surface area (Å²) < 4.78 is 1.83. The molecule has 1 aromatic heterocycles. The van der Waals surface area contributed by atoms with E-state index < -0.39 is 0 Å². The van der Waals surface area contributed by atoms with Crippen LogP contribution in [0.25, 0.3) is 0 Å². The van der Waals surface area contributed by atoms with Gasteiger partial charge >= 0.3 is 0 Å². The van der Waals surface area contributed by atoms with Crippen molar-refractivity contribution in [3.63, 3.8) is 0 Å². The lowest BCUT2D eigenvalue weighted by atomic mass is 9.89. The lowest BCUT2D eigenvalue weighted by molar-refractivity contribution is -0.120. The highest BCUT2D eigenvalue weighted by Gasteiger charge is 2.21. The Hall–Kier alpha value is -1.36. The summed E-state index contributed by atoms with van der Waals surface area (Å²) in [6.45, 7) is 10.2. The molecule has 1 amide bonds. The topological polar surface area (TPSA) is 59.0 Å². The van der Waals surface area contributed by atoms with Crippen molar-refractivity contribution in [1.29, 1.82) is 0 Å². The van der Waals surface area contributed by atoms with Crippen molar-refractivity contribution in [1.82, 2.24) is 20.4 Å². The molecule has 0 aromatic carbocycles. The fourth-order valence-electron chi connectivity index (χ4n) is 1.94. The van der Waals surface area contributed by atoms with Gasteiger partial charge in [0.05, 0.1) is 12.2 Å². The zero-order valence-electron chi connectivity index (χ0n) is 12.7. The lowest BCUT2D eigenvalue weighted by Gasteiger charge is -2.17. The van der Waals surface area contributed by atoms with Crippen LogP contribution in [0.3, 0.4) is 0 Å². The second-order valence-corrected chi connectivity index (χ2v) is 5.88. The molecule has 0 aliphatic heterocycles. The summed E-state index contributed by atoms with van der Waals surface area (Å²) in [4.78, 5) is 11.5. The molecule has 0 unspecified atom stereocenters. The summed E-state index contributed by atoms with van der Waals surface area (Å²) in [5.74, 6) is 0.0445. The second kappa shape index (κ2) is 6.70. The summed E-state index contributed by atoms with van der Waals surface area (Å²) in [7, 11) is 1.92. The minimum absolute atomic E-state index is 0.0166. The monoisotopic (exact) mass is 266 g/mol. The van der Waals surface area contributed by atoms with Crippen LogP contribution in [-0.4, -0.2) is 28.8 Å². The number of carbonyl (C=O) groups excluding carboxylic acids is 1. The van der Waals surface area contributed by atoms with Crippen LogP contribution in [0.1, 0.15) is 45.4 Å². The van der Waals surface area contributed by atoms with Crippen molar-refractivity contribution in [3.05, 3.63) is 17.5 Å². The van der Waals surface area contributed by atoms with Gasteiger partial charge in [0.2, 0.25) is 5.91 Å².